The largest absolute Gasteiger partial charge is 0.465 e. The predicted molar refractivity (Wildman–Crippen MR) is 161 cm³/mol. The van der Waals surface area contributed by atoms with Crippen molar-refractivity contribution in [1.82, 2.24) is 24.6 Å². The van der Waals surface area contributed by atoms with Crippen LogP contribution < -0.4 is 10.8 Å². The molecule has 3 rings (SSSR count). The summed E-state index contributed by atoms with van der Waals surface area (Å²) in [5, 5.41) is 33.3. The van der Waals surface area contributed by atoms with E-state index in [0.29, 0.717) is 5.75 Å². The fourth-order valence-electron chi connectivity index (χ4n) is 4.25. The summed E-state index contributed by atoms with van der Waals surface area (Å²) in [6.07, 6.45) is -5.12. The summed E-state index contributed by atoms with van der Waals surface area (Å²) in [6, 6.07) is -1.07. The molecule has 16 nitrogen and oxygen atoms in total. The molecule has 0 amide bonds. The molecule has 254 valence electrons. The van der Waals surface area contributed by atoms with E-state index in [4.69, 9.17) is 24.3 Å². The van der Waals surface area contributed by atoms with Crippen molar-refractivity contribution >= 4 is 47.6 Å². The Morgan fingerprint density at radius 3 is 2.62 bits per heavy atom. The standard InChI is InChI=1S/C26H42FN6O10PS/c1-6-40-23(37)15(10-14(2)3)32-44(39,41-8-7-9-45-24(38)26(4,5)12-34)42-11-16-18(35)19(36)22(43-16)33-13-29-17-20(28)30-25(27)31-21(17)33/h13-16,18-19,22,34-36H,6-12H2,1-5H3,(H,32,39)(H2,28,30,31)/t15-,16+,18+,19-,22+,44?/m0/s1. The zero-order valence-corrected chi connectivity index (χ0v) is 27.5. The lowest BCUT2D eigenvalue weighted by molar-refractivity contribution is -0.145. The maximum Gasteiger partial charge on any atom is 0.406 e. The van der Waals surface area contributed by atoms with Crippen LogP contribution in [0.5, 0.6) is 0 Å². The van der Waals surface area contributed by atoms with Crippen LogP contribution in [0.2, 0.25) is 0 Å². The molecule has 1 fully saturated rings. The molecule has 0 radical (unpaired) electrons. The minimum Gasteiger partial charge on any atom is -0.465 e. The molecule has 1 saturated heterocycles. The number of ether oxygens (including phenoxy) is 2. The summed E-state index contributed by atoms with van der Waals surface area (Å²) in [7, 11) is -4.31. The average molecular weight is 681 g/mol. The molecule has 1 unspecified atom stereocenters. The number of fused-ring (bicyclic) bond motifs is 1. The fraction of sp³-hybridized carbons (Fsp3) is 0.731. The molecule has 19 heteroatoms. The molecule has 6 atom stereocenters. The van der Waals surface area contributed by atoms with Gasteiger partial charge in [-0.2, -0.15) is 14.4 Å². The van der Waals surface area contributed by atoms with Gasteiger partial charge in [0.25, 0.3) is 0 Å². The van der Waals surface area contributed by atoms with Gasteiger partial charge >= 0.3 is 19.8 Å². The van der Waals surface area contributed by atoms with E-state index in [9.17, 15) is 33.9 Å². The molecule has 6 N–H and O–H groups in total. The van der Waals surface area contributed by atoms with E-state index < -0.39 is 62.4 Å². The van der Waals surface area contributed by atoms with E-state index in [1.807, 2.05) is 13.8 Å². The molecule has 0 spiro atoms. The second-order valence-electron chi connectivity index (χ2n) is 11.5. The third kappa shape index (κ3) is 9.62. The first kappa shape index (κ1) is 37.2. The first-order valence-electron chi connectivity index (χ1n) is 14.4. The number of aliphatic hydroxyl groups is 3. The zero-order valence-electron chi connectivity index (χ0n) is 25.8. The number of nitrogens with zero attached hydrogens (tertiary/aromatic N) is 4. The molecular formula is C26H42FN6O10PS. The van der Waals surface area contributed by atoms with E-state index >= 15 is 0 Å². The average Bonchev–Trinajstić information content (AvgIpc) is 3.51. The number of rotatable bonds is 17. The summed E-state index contributed by atoms with van der Waals surface area (Å²) in [6.45, 7) is 7.65. The molecule has 0 bridgehead atoms. The molecule has 45 heavy (non-hydrogen) atoms. The molecule has 2 aromatic rings. The van der Waals surface area contributed by atoms with Gasteiger partial charge in [0.05, 0.1) is 38.2 Å². The van der Waals surface area contributed by atoms with Gasteiger partial charge in [0.15, 0.2) is 28.3 Å². The monoisotopic (exact) mass is 680 g/mol. The van der Waals surface area contributed by atoms with Crippen LogP contribution in [0.4, 0.5) is 10.2 Å². The Bertz CT molecular complexity index is 1370. The lowest BCUT2D eigenvalue weighted by Crippen LogP contribution is -2.39. The number of hydrogen-bond donors (Lipinski definition) is 5. The van der Waals surface area contributed by atoms with Crippen LogP contribution in [-0.2, 0) is 32.7 Å². The number of carbonyl (C=O) groups excluding carboxylic acids is 2. The molecule has 0 aromatic carbocycles. The summed E-state index contributed by atoms with van der Waals surface area (Å²) in [4.78, 5) is 36.1. The van der Waals surface area contributed by atoms with Crippen molar-refractivity contribution in [3.8, 4) is 0 Å². The van der Waals surface area contributed by atoms with Crippen LogP contribution in [0.15, 0.2) is 6.33 Å². The minimum absolute atomic E-state index is 0.0128. The number of imidazole rings is 1. The highest BCUT2D eigenvalue weighted by atomic mass is 32.2. The summed E-state index contributed by atoms with van der Waals surface area (Å²) in [5.74, 6) is -0.618. The number of esters is 1. The van der Waals surface area contributed by atoms with Gasteiger partial charge in [0.1, 0.15) is 24.4 Å². The third-order valence-electron chi connectivity index (χ3n) is 6.76. The number of anilines is 1. The zero-order chi connectivity index (χ0) is 33.5. The summed E-state index contributed by atoms with van der Waals surface area (Å²) < 4.78 is 51.2. The highest BCUT2D eigenvalue weighted by Gasteiger charge is 2.46. The Hall–Kier alpha value is -2.28. The maximum atomic E-state index is 14.0. The lowest BCUT2D eigenvalue weighted by atomic mass is 9.97. The number of aromatic nitrogens is 4. The summed E-state index contributed by atoms with van der Waals surface area (Å²) in [5.41, 5.74) is 4.76. The lowest BCUT2D eigenvalue weighted by Gasteiger charge is -2.26. The van der Waals surface area contributed by atoms with Crippen LogP contribution in [-0.4, -0.2) is 102 Å². The van der Waals surface area contributed by atoms with Gasteiger partial charge in [-0.1, -0.05) is 25.6 Å². The van der Waals surface area contributed by atoms with Gasteiger partial charge in [-0.15, -0.1) is 0 Å². The maximum absolute atomic E-state index is 14.0. The Balaban J connectivity index is 1.74. The van der Waals surface area contributed by atoms with Crippen molar-refractivity contribution in [3.05, 3.63) is 12.4 Å². The highest BCUT2D eigenvalue weighted by Crippen LogP contribution is 2.46. The number of carbonyl (C=O) groups is 2. The van der Waals surface area contributed by atoms with E-state index in [0.717, 1.165) is 11.8 Å². The van der Waals surface area contributed by atoms with Gasteiger partial charge in [0.2, 0.25) is 0 Å². The van der Waals surface area contributed by atoms with Gasteiger partial charge < -0.3 is 30.5 Å². The first-order valence-corrected chi connectivity index (χ1v) is 16.9. The van der Waals surface area contributed by atoms with Crippen LogP contribution in [0.25, 0.3) is 11.2 Å². The van der Waals surface area contributed by atoms with Gasteiger partial charge in [0, 0.05) is 5.75 Å². The highest BCUT2D eigenvalue weighted by molar-refractivity contribution is 8.13. The van der Waals surface area contributed by atoms with Crippen LogP contribution in [0.1, 0.15) is 53.7 Å². The normalized spacial score (nSPS) is 22.5. The SMILES string of the molecule is CCOC(=O)[C@H](CC(C)C)NP(=O)(OCCCSC(=O)C(C)(C)CO)OC[C@H]1O[C@@H](n2cnc3c(N)nc(F)nc32)[C@@H](O)[C@@H]1O. The topological polar surface area (TPSA) is 230 Å². The molecule has 1 aliphatic rings. The number of hydrogen-bond acceptors (Lipinski definition) is 15. The minimum atomic E-state index is -4.31. The number of thioether (sulfide) groups is 1. The number of nitrogens with one attached hydrogen (secondary N) is 1. The molecule has 3 heterocycles. The van der Waals surface area contributed by atoms with Gasteiger partial charge in [-0.05, 0) is 39.5 Å². The number of halogens is 1. The predicted octanol–water partition coefficient (Wildman–Crippen LogP) is 1.54. The summed E-state index contributed by atoms with van der Waals surface area (Å²) >= 11 is 0.995. The van der Waals surface area contributed by atoms with Crippen molar-refractivity contribution in [1.29, 1.82) is 0 Å². The molecule has 0 saturated carbocycles. The van der Waals surface area contributed by atoms with Crippen LogP contribution in [0, 0.1) is 17.4 Å². The second kappa shape index (κ2) is 16.0. The molecule has 1 aliphatic heterocycles. The second-order valence-corrected chi connectivity index (χ2v) is 14.3. The van der Waals surface area contributed by atoms with Crippen molar-refractivity contribution in [2.75, 3.05) is 37.9 Å². The Labute approximate surface area is 264 Å². The van der Waals surface area contributed by atoms with Crippen molar-refractivity contribution in [3.63, 3.8) is 0 Å². The number of nitrogen functional groups attached to an aromatic ring is 1. The molecule has 2 aromatic heterocycles. The Morgan fingerprint density at radius 2 is 1.98 bits per heavy atom. The Morgan fingerprint density at radius 1 is 1.27 bits per heavy atom. The first-order chi connectivity index (χ1) is 21.1. The van der Waals surface area contributed by atoms with E-state index in [-0.39, 0.29) is 60.7 Å². The van der Waals surface area contributed by atoms with Crippen LogP contribution >= 0.6 is 19.5 Å². The van der Waals surface area contributed by atoms with Crippen molar-refractivity contribution in [2.24, 2.45) is 11.3 Å². The molecule has 0 aliphatic carbocycles. The number of nitrogens with two attached hydrogens (primary N) is 1. The smallest absolute Gasteiger partial charge is 0.406 e. The van der Waals surface area contributed by atoms with Gasteiger partial charge in [-0.25, -0.2) is 14.6 Å². The van der Waals surface area contributed by atoms with E-state index in [2.05, 4.69) is 20.0 Å². The quantitative estimate of drug-likeness (QED) is 0.0690. The van der Waals surface area contributed by atoms with Crippen LogP contribution in [0.3, 0.4) is 0 Å². The van der Waals surface area contributed by atoms with E-state index in [1.165, 1.54) is 10.9 Å². The van der Waals surface area contributed by atoms with Crippen molar-refractivity contribution in [2.45, 2.75) is 78.0 Å². The fourth-order valence-corrected chi connectivity index (χ4v) is 6.68. The number of aliphatic hydroxyl groups excluding tert-OH is 3. The van der Waals surface area contributed by atoms with Gasteiger partial charge in [-0.3, -0.25) is 23.2 Å². The third-order valence-corrected chi connectivity index (χ3v) is 9.71. The van der Waals surface area contributed by atoms with E-state index in [1.54, 1.807) is 20.8 Å². The van der Waals surface area contributed by atoms with Crippen molar-refractivity contribution < 1.29 is 52.4 Å². The molecular weight excluding hydrogens is 638 g/mol. The Kier molecular flexibility index (Phi) is 13.2.